The molecule has 1 N–H and O–H groups in total. The lowest BCUT2D eigenvalue weighted by molar-refractivity contribution is 0.0606. The molecule has 4 nitrogen and oxygen atoms in total. The van der Waals surface area contributed by atoms with Gasteiger partial charge in [-0.25, -0.2) is 4.79 Å². The van der Waals surface area contributed by atoms with Gasteiger partial charge in [-0.15, -0.1) is 11.3 Å². The van der Waals surface area contributed by atoms with Crippen LogP contribution in [0.1, 0.15) is 24.9 Å². The largest absolute Gasteiger partial charge is 0.465 e. The number of nitrogens with one attached hydrogen (secondary N) is 1. The summed E-state index contributed by atoms with van der Waals surface area (Å²) in [6.45, 7) is 0.364. The molecule has 0 saturated heterocycles. The number of hydrogen-bond donors (Lipinski definition) is 1. The molecule has 0 fully saturated rings. The molecule has 0 aliphatic rings. The Bertz CT molecular complexity index is 622. The molecule has 0 aliphatic carbocycles. The molecule has 0 saturated carbocycles. The fraction of sp³-hybridized carbons (Fsp3) is 0.143. The zero-order chi connectivity index (χ0) is 14.5. The van der Waals surface area contributed by atoms with Crippen molar-refractivity contribution in [2.24, 2.45) is 0 Å². The molecule has 2 aromatic rings. The van der Waals surface area contributed by atoms with Crippen LogP contribution >= 0.6 is 22.9 Å². The first-order valence-corrected chi connectivity index (χ1v) is 7.00. The average Bonchev–Trinajstić information content (AvgIpc) is 2.93. The minimum atomic E-state index is -0.370. The van der Waals surface area contributed by atoms with E-state index in [1.54, 1.807) is 36.4 Å². The molecule has 20 heavy (non-hydrogen) atoms. The molecule has 104 valence electrons. The van der Waals surface area contributed by atoms with E-state index in [0.717, 1.165) is 4.88 Å². The number of carbonyl (C=O) groups excluding carboxylic acids is 2. The lowest BCUT2D eigenvalue weighted by atomic mass is 10.2. The highest BCUT2D eigenvalue weighted by Gasteiger charge is 2.10. The second-order valence-corrected chi connectivity index (χ2v) is 5.55. The molecule has 1 heterocycles. The minimum Gasteiger partial charge on any atom is -0.465 e. The average molecular weight is 310 g/mol. The lowest BCUT2D eigenvalue weighted by Gasteiger charge is -2.03. The van der Waals surface area contributed by atoms with Gasteiger partial charge in [0.2, 0.25) is 0 Å². The van der Waals surface area contributed by atoms with Crippen LogP contribution in [0.15, 0.2) is 36.4 Å². The first-order valence-electron chi connectivity index (χ1n) is 5.81. The number of ether oxygens (including phenoxy) is 1. The van der Waals surface area contributed by atoms with Gasteiger partial charge in [0, 0.05) is 15.5 Å². The molecule has 0 unspecified atom stereocenters. The van der Waals surface area contributed by atoms with E-state index in [1.165, 1.54) is 18.4 Å². The number of rotatable bonds is 4. The van der Waals surface area contributed by atoms with Crippen molar-refractivity contribution < 1.29 is 14.3 Å². The summed E-state index contributed by atoms with van der Waals surface area (Å²) >= 11 is 7.06. The Morgan fingerprint density at radius 1 is 1.20 bits per heavy atom. The molecule has 0 radical (unpaired) electrons. The van der Waals surface area contributed by atoms with Crippen LogP contribution in [-0.2, 0) is 11.3 Å². The van der Waals surface area contributed by atoms with E-state index in [0.29, 0.717) is 22.0 Å². The van der Waals surface area contributed by atoms with Gasteiger partial charge in [0.05, 0.1) is 13.7 Å². The summed E-state index contributed by atoms with van der Waals surface area (Å²) in [6.07, 6.45) is 0. The second-order valence-electron chi connectivity index (χ2n) is 3.95. The predicted molar refractivity (Wildman–Crippen MR) is 78.3 cm³/mol. The SMILES string of the molecule is COC(=O)c1ccc(CNC(=O)c2ccc(Cl)cc2)s1. The molecular weight excluding hydrogens is 298 g/mol. The zero-order valence-corrected chi connectivity index (χ0v) is 12.3. The third-order valence-corrected chi connectivity index (χ3v) is 3.90. The molecule has 1 aromatic carbocycles. The normalized spacial score (nSPS) is 10.1. The van der Waals surface area contributed by atoms with Crippen LogP contribution in [-0.4, -0.2) is 19.0 Å². The molecule has 1 amide bonds. The van der Waals surface area contributed by atoms with Crippen molar-refractivity contribution in [3.05, 3.63) is 56.7 Å². The minimum absolute atomic E-state index is 0.185. The number of halogens is 1. The molecule has 2 rings (SSSR count). The number of benzene rings is 1. The molecule has 0 spiro atoms. The van der Waals surface area contributed by atoms with Crippen LogP contribution in [0, 0.1) is 0 Å². The quantitative estimate of drug-likeness (QED) is 0.883. The van der Waals surface area contributed by atoms with Crippen LogP contribution in [0.2, 0.25) is 5.02 Å². The zero-order valence-electron chi connectivity index (χ0n) is 10.7. The Hall–Kier alpha value is -1.85. The van der Waals surface area contributed by atoms with E-state index in [-0.39, 0.29) is 11.9 Å². The molecule has 6 heteroatoms. The summed E-state index contributed by atoms with van der Waals surface area (Å²) in [5.41, 5.74) is 0.541. The van der Waals surface area contributed by atoms with Crippen LogP contribution < -0.4 is 5.32 Å². The number of esters is 1. The van der Waals surface area contributed by atoms with Crippen molar-refractivity contribution in [3.8, 4) is 0 Å². The maximum Gasteiger partial charge on any atom is 0.348 e. The second kappa shape index (κ2) is 6.54. The van der Waals surface area contributed by atoms with Crippen molar-refractivity contribution in [1.82, 2.24) is 5.32 Å². The van der Waals surface area contributed by atoms with Gasteiger partial charge in [0.15, 0.2) is 0 Å². The highest BCUT2D eigenvalue weighted by molar-refractivity contribution is 7.13. The Morgan fingerprint density at radius 3 is 2.55 bits per heavy atom. The van der Waals surface area contributed by atoms with Crippen LogP contribution in [0.4, 0.5) is 0 Å². The maximum atomic E-state index is 11.9. The van der Waals surface area contributed by atoms with Gasteiger partial charge in [-0.3, -0.25) is 4.79 Å². The van der Waals surface area contributed by atoms with Gasteiger partial charge in [-0.2, -0.15) is 0 Å². The first kappa shape index (κ1) is 14.6. The van der Waals surface area contributed by atoms with Crippen LogP contribution in [0.3, 0.4) is 0 Å². The third-order valence-electron chi connectivity index (χ3n) is 2.58. The molecule has 1 aromatic heterocycles. The molecular formula is C14H12ClNO3S. The van der Waals surface area contributed by atoms with E-state index >= 15 is 0 Å². The fourth-order valence-corrected chi connectivity index (χ4v) is 2.55. The summed E-state index contributed by atoms with van der Waals surface area (Å²) < 4.78 is 4.63. The summed E-state index contributed by atoms with van der Waals surface area (Å²) in [5, 5.41) is 3.37. The van der Waals surface area contributed by atoms with Crippen molar-refractivity contribution in [2.75, 3.05) is 7.11 Å². The number of thiophene rings is 1. The molecule has 0 bridgehead atoms. The fourth-order valence-electron chi connectivity index (χ4n) is 1.55. The van der Waals surface area contributed by atoms with Crippen molar-refractivity contribution in [1.29, 1.82) is 0 Å². The van der Waals surface area contributed by atoms with Crippen LogP contribution in [0.5, 0.6) is 0 Å². The number of amides is 1. The standard InChI is InChI=1S/C14H12ClNO3S/c1-19-14(18)12-7-6-11(20-12)8-16-13(17)9-2-4-10(15)5-3-9/h2-7H,8H2,1H3,(H,16,17). The van der Waals surface area contributed by atoms with E-state index in [1.807, 2.05) is 0 Å². The van der Waals surface area contributed by atoms with Gasteiger partial charge in [-0.05, 0) is 36.4 Å². The first-order chi connectivity index (χ1) is 9.60. The van der Waals surface area contributed by atoms with Crippen LogP contribution in [0.25, 0.3) is 0 Å². The van der Waals surface area contributed by atoms with E-state index in [4.69, 9.17) is 11.6 Å². The monoisotopic (exact) mass is 309 g/mol. The number of methoxy groups -OCH3 is 1. The lowest BCUT2D eigenvalue weighted by Crippen LogP contribution is -2.22. The van der Waals surface area contributed by atoms with Crippen molar-refractivity contribution in [2.45, 2.75) is 6.54 Å². The van der Waals surface area contributed by atoms with Gasteiger partial charge < -0.3 is 10.1 Å². The van der Waals surface area contributed by atoms with E-state index < -0.39 is 0 Å². The summed E-state index contributed by atoms with van der Waals surface area (Å²) in [4.78, 5) is 24.6. The van der Waals surface area contributed by atoms with E-state index in [2.05, 4.69) is 10.1 Å². The maximum absolute atomic E-state index is 11.9. The topological polar surface area (TPSA) is 55.4 Å². The summed E-state index contributed by atoms with van der Waals surface area (Å²) in [5.74, 6) is -0.556. The summed E-state index contributed by atoms with van der Waals surface area (Å²) in [6, 6.07) is 10.1. The van der Waals surface area contributed by atoms with Gasteiger partial charge in [-0.1, -0.05) is 11.6 Å². The Labute approximate surface area is 125 Å². The highest BCUT2D eigenvalue weighted by atomic mass is 35.5. The van der Waals surface area contributed by atoms with Gasteiger partial charge >= 0.3 is 5.97 Å². The third kappa shape index (κ3) is 3.59. The highest BCUT2D eigenvalue weighted by Crippen LogP contribution is 2.17. The predicted octanol–water partition coefficient (Wildman–Crippen LogP) is 3.12. The van der Waals surface area contributed by atoms with Crippen molar-refractivity contribution >= 4 is 34.8 Å². The number of carbonyl (C=O) groups is 2. The summed E-state index contributed by atoms with van der Waals surface area (Å²) in [7, 11) is 1.34. The molecule has 0 atom stereocenters. The Morgan fingerprint density at radius 2 is 1.90 bits per heavy atom. The number of hydrogen-bond acceptors (Lipinski definition) is 4. The van der Waals surface area contributed by atoms with E-state index in [9.17, 15) is 9.59 Å². The van der Waals surface area contributed by atoms with Gasteiger partial charge in [0.1, 0.15) is 4.88 Å². The molecule has 0 aliphatic heterocycles. The Kier molecular flexibility index (Phi) is 4.76. The van der Waals surface area contributed by atoms with Crippen molar-refractivity contribution in [3.63, 3.8) is 0 Å². The Balaban J connectivity index is 1.95. The smallest absolute Gasteiger partial charge is 0.348 e. The van der Waals surface area contributed by atoms with Gasteiger partial charge in [0.25, 0.3) is 5.91 Å².